The van der Waals surface area contributed by atoms with E-state index >= 15 is 0 Å². The topological polar surface area (TPSA) is 51.2 Å². The normalized spacial score (nSPS) is 35.1. The second-order valence-electron chi connectivity index (χ2n) is 3.54. The first kappa shape index (κ1) is 9.10. The van der Waals surface area contributed by atoms with E-state index < -0.39 is 5.41 Å². The number of hydrogen-bond donors (Lipinski definition) is 0. The molecular formula is C9H12O3. The van der Waals surface area contributed by atoms with Gasteiger partial charge < -0.3 is 9.59 Å². The summed E-state index contributed by atoms with van der Waals surface area (Å²) in [5.74, 6) is -0.276. The Morgan fingerprint density at radius 1 is 1.58 bits per heavy atom. The lowest BCUT2D eigenvalue weighted by atomic mass is 9.88. The van der Waals surface area contributed by atoms with Gasteiger partial charge in [0.2, 0.25) is 0 Å². The summed E-state index contributed by atoms with van der Waals surface area (Å²) in [5.41, 5.74) is -0.812. The van der Waals surface area contributed by atoms with Gasteiger partial charge in [0.1, 0.15) is 18.4 Å². The first-order chi connectivity index (χ1) is 5.64. The molecule has 0 bridgehead atoms. The van der Waals surface area contributed by atoms with E-state index in [2.05, 4.69) is 0 Å². The fraction of sp³-hybridized carbons (Fsp3) is 0.667. The maximum Gasteiger partial charge on any atom is 0.149 e. The highest BCUT2D eigenvalue weighted by Crippen LogP contribution is 2.37. The van der Waals surface area contributed by atoms with E-state index in [0.717, 1.165) is 6.29 Å². The number of ketones is 1. The van der Waals surface area contributed by atoms with E-state index in [-0.39, 0.29) is 18.1 Å². The predicted octanol–water partition coefficient (Wildman–Crippen LogP) is 0.760. The number of carbonyl (C=O) groups is 3. The lowest BCUT2D eigenvalue weighted by Gasteiger charge is -2.12. The molecule has 0 aromatic rings. The van der Waals surface area contributed by atoms with Crippen molar-refractivity contribution >= 4 is 18.4 Å². The van der Waals surface area contributed by atoms with Crippen LogP contribution >= 0.6 is 0 Å². The van der Waals surface area contributed by atoms with Crippen molar-refractivity contribution in [1.82, 2.24) is 0 Å². The van der Waals surface area contributed by atoms with Crippen molar-refractivity contribution in [3.8, 4) is 0 Å². The molecule has 0 heterocycles. The zero-order chi connectivity index (χ0) is 9.19. The van der Waals surface area contributed by atoms with E-state index in [1.54, 1.807) is 6.92 Å². The summed E-state index contributed by atoms with van der Waals surface area (Å²) in [5, 5.41) is 0. The molecule has 1 rings (SSSR count). The Kier molecular flexibility index (Phi) is 2.40. The number of rotatable bonds is 3. The summed E-state index contributed by atoms with van der Waals surface area (Å²) < 4.78 is 0. The van der Waals surface area contributed by atoms with E-state index in [1.807, 2.05) is 0 Å². The molecule has 0 aromatic heterocycles. The average molecular weight is 168 g/mol. The number of hydrogen-bond acceptors (Lipinski definition) is 3. The Hall–Kier alpha value is -0.990. The van der Waals surface area contributed by atoms with Crippen molar-refractivity contribution in [2.75, 3.05) is 0 Å². The van der Waals surface area contributed by atoms with Crippen LogP contribution in [0.15, 0.2) is 0 Å². The minimum Gasteiger partial charge on any atom is -0.303 e. The van der Waals surface area contributed by atoms with Crippen LogP contribution in [0, 0.1) is 11.3 Å². The van der Waals surface area contributed by atoms with Crippen molar-refractivity contribution in [2.45, 2.75) is 26.2 Å². The molecule has 0 radical (unpaired) electrons. The van der Waals surface area contributed by atoms with Crippen LogP contribution in [0.1, 0.15) is 26.2 Å². The van der Waals surface area contributed by atoms with E-state index in [1.165, 1.54) is 0 Å². The van der Waals surface area contributed by atoms with Gasteiger partial charge in [0.15, 0.2) is 0 Å². The highest BCUT2D eigenvalue weighted by molar-refractivity contribution is 6.01. The molecule has 0 aliphatic heterocycles. The van der Waals surface area contributed by atoms with Crippen LogP contribution < -0.4 is 0 Å². The zero-order valence-corrected chi connectivity index (χ0v) is 7.08. The summed E-state index contributed by atoms with van der Waals surface area (Å²) in [6.07, 6.45) is 2.99. The molecule has 2 atom stereocenters. The molecular weight excluding hydrogens is 156 g/mol. The second-order valence-corrected chi connectivity index (χ2v) is 3.54. The third kappa shape index (κ3) is 1.31. The molecule has 1 saturated carbocycles. The van der Waals surface area contributed by atoms with Crippen LogP contribution in [0.25, 0.3) is 0 Å². The van der Waals surface area contributed by atoms with Gasteiger partial charge in [0.05, 0.1) is 5.41 Å². The summed E-state index contributed by atoms with van der Waals surface area (Å²) in [6.45, 7) is 1.65. The van der Waals surface area contributed by atoms with Gasteiger partial charge in [-0.05, 0) is 19.8 Å². The van der Waals surface area contributed by atoms with Gasteiger partial charge in [0, 0.05) is 12.3 Å². The smallest absolute Gasteiger partial charge is 0.149 e. The first-order valence-electron chi connectivity index (χ1n) is 4.08. The molecule has 0 amide bonds. The molecule has 3 nitrogen and oxygen atoms in total. The monoisotopic (exact) mass is 168 g/mol. The lowest BCUT2D eigenvalue weighted by Crippen LogP contribution is -2.26. The molecule has 0 saturated heterocycles. The molecule has 12 heavy (non-hydrogen) atoms. The van der Waals surface area contributed by atoms with E-state index in [0.29, 0.717) is 19.1 Å². The van der Waals surface area contributed by atoms with E-state index in [9.17, 15) is 14.4 Å². The van der Waals surface area contributed by atoms with Crippen LogP contribution in [-0.2, 0) is 14.4 Å². The van der Waals surface area contributed by atoms with Crippen molar-refractivity contribution in [3.63, 3.8) is 0 Å². The number of Topliss-reactive ketones (excluding diaryl/α,β-unsaturated/α-hetero) is 1. The van der Waals surface area contributed by atoms with Crippen molar-refractivity contribution in [2.24, 2.45) is 11.3 Å². The minimum absolute atomic E-state index is 0.0652. The third-order valence-electron chi connectivity index (χ3n) is 2.59. The molecule has 66 valence electrons. The molecule has 0 spiro atoms. The zero-order valence-electron chi connectivity index (χ0n) is 7.08. The maximum absolute atomic E-state index is 11.5. The predicted molar refractivity (Wildman–Crippen MR) is 42.6 cm³/mol. The van der Waals surface area contributed by atoms with Gasteiger partial charge in [-0.2, -0.15) is 0 Å². The number of aldehydes is 2. The van der Waals surface area contributed by atoms with Gasteiger partial charge in [-0.3, -0.25) is 4.79 Å². The highest BCUT2D eigenvalue weighted by Gasteiger charge is 2.43. The Morgan fingerprint density at radius 3 is 2.67 bits per heavy atom. The molecule has 2 unspecified atom stereocenters. The maximum atomic E-state index is 11.5. The minimum atomic E-state index is -0.812. The van der Waals surface area contributed by atoms with Gasteiger partial charge in [0.25, 0.3) is 0 Å². The summed E-state index contributed by atoms with van der Waals surface area (Å²) in [6, 6.07) is 0. The fourth-order valence-electron chi connectivity index (χ4n) is 1.65. The quantitative estimate of drug-likeness (QED) is 0.461. The number of carbonyl (C=O) groups excluding carboxylic acids is 3. The Labute approximate surface area is 71.1 Å². The fourth-order valence-corrected chi connectivity index (χ4v) is 1.65. The molecule has 0 aromatic carbocycles. The third-order valence-corrected chi connectivity index (χ3v) is 2.59. The SMILES string of the molecule is CC1(C=O)CCC(CC=O)C1=O. The van der Waals surface area contributed by atoms with Crippen LogP contribution in [0.4, 0.5) is 0 Å². The van der Waals surface area contributed by atoms with Crippen LogP contribution in [0.5, 0.6) is 0 Å². The molecule has 3 heteroatoms. The van der Waals surface area contributed by atoms with Gasteiger partial charge >= 0.3 is 0 Å². The van der Waals surface area contributed by atoms with Crippen LogP contribution in [0.2, 0.25) is 0 Å². The first-order valence-corrected chi connectivity index (χ1v) is 4.08. The van der Waals surface area contributed by atoms with Crippen LogP contribution in [-0.4, -0.2) is 18.4 Å². The standard InChI is InChI=1S/C9H12O3/c1-9(6-11)4-2-7(3-5-10)8(9)12/h5-7H,2-4H2,1H3. The van der Waals surface area contributed by atoms with Crippen LogP contribution in [0.3, 0.4) is 0 Å². The van der Waals surface area contributed by atoms with Crippen molar-refractivity contribution in [3.05, 3.63) is 0 Å². The molecule has 1 aliphatic carbocycles. The van der Waals surface area contributed by atoms with Gasteiger partial charge in [-0.1, -0.05) is 0 Å². The molecule has 0 N–H and O–H groups in total. The van der Waals surface area contributed by atoms with Gasteiger partial charge in [-0.15, -0.1) is 0 Å². The largest absolute Gasteiger partial charge is 0.303 e. The second kappa shape index (κ2) is 3.17. The molecule has 1 fully saturated rings. The Morgan fingerprint density at radius 2 is 2.25 bits per heavy atom. The average Bonchev–Trinajstić information content (AvgIpc) is 2.35. The van der Waals surface area contributed by atoms with Gasteiger partial charge in [-0.25, -0.2) is 0 Å². The lowest BCUT2D eigenvalue weighted by molar-refractivity contribution is -0.134. The van der Waals surface area contributed by atoms with Crippen molar-refractivity contribution < 1.29 is 14.4 Å². The summed E-state index contributed by atoms with van der Waals surface area (Å²) >= 11 is 0. The van der Waals surface area contributed by atoms with E-state index in [4.69, 9.17) is 0 Å². The van der Waals surface area contributed by atoms with Crippen molar-refractivity contribution in [1.29, 1.82) is 0 Å². The Bertz CT molecular complexity index is 222. The summed E-state index contributed by atoms with van der Waals surface area (Å²) in [4.78, 5) is 32.2. The Balaban J connectivity index is 2.73. The highest BCUT2D eigenvalue weighted by atomic mass is 16.1. The summed E-state index contributed by atoms with van der Waals surface area (Å²) in [7, 11) is 0. The molecule has 1 aliphatic rings.